The fourth-order valence-corrected chi connectivity index (χ4v) is 5.70. The Balaban J connectivity index is 1.76. The van der Waals surface area contributed by atoms with Gasteiger partial charge in [0.15, 0.2) is 0 Å². The van der Waals surface area contributed by atoms with Crippen LogP contribution in [-0.4, -0.2) is 16.6 Å². The molecule has 0 saturated carbocycles. The Morgan fingerprint density at radius 1 is 0.562 bits per heavy atom. The van der Waals surface area contributed by atoms with Crippen molar-refractivity contribution in [3.63, 3.8) is 0 Å². The van der Waals surface area contributed by atoms with Crippen LogP contribution in [0.15, 0.2) is 103 Å². The van der Waals surface area contributed by atoms with Crippen LogP contribution in [0.4, 0.5) is 0 Å². The molecule has 0 aromatic heterocycles. The molecule has 0 aliphatic heterocycles. The number of ether oxygens (including phenoxy) is 1. The maximum atomic E-state index is 6.51. The fourth-order valence-electron chi connectivity index (χ4n) is 4.23. The monoisotopic (exact) mass is 474 g/mol. The van der Waals surface area contributed by atoms with Crippen molar-refractivity contribution in [2.75, 3.05) is 0 Å². The first kappa shape index (κ1) is 20.7. The second kappa shape index (κ2) is 9.15. The number of benzene rings is 5. The standard InChI is InChI=1S/C27H20O2.2CH3.Ga/c28-24-16-14-20-10-4-6-12-22(20)26(24)27-23-13-7-5-11-21(23)15-17-25(27)29-18-19-8-2-1-3-9-19;;;/h1-17,28H,18H2;2*1H3;/q;;;+1/p-1. The summed E-state index contributed by atoms with van der Waals surface area (Å²) in [6.45, 7) is 0.523. The molecule has 3 heteroatoms. The third kappa shape index (κ3) is 4.14. The second-order valence-corrected chi connectivity index (χ2v) is 13.2. The van der Waals surface area contributed by atoms with Crippen LogP contribution in [0.5, 0.6) is 11.5 Å². The van der Waals surface area contributed by atoms with E-state index in [2.05, 4.69) is 95.9 Å². The predicted octanol–water partition coefficient (Wildman–Crippen LogP) is 7.87. The van der Waals surface area contributed by atoms with E-state index in [1.807, 2.05) is 18.2 Å². The molecule has 0 radical (unpaired) electrons. The number of hydrogen-bond acceptors (Lipinski definition) is 2. The van der Waals surface area contributed by atoms with Crippen LogP contribution < -0.4 is 8.27 Å². The van der Waals surface area contributed by atoms with Crippen molar-refractivity contribution >= 4 is 38.1 Å². The summed E-state index contributed by atoms with van der Waals surface area (Å²) in [6.07, 6.45) is 0. The molecular weight excluding hydrogens is 450 g/mol. The zero-order valence-electron chi connectivity index (χ0n) is 18.4. The van der Waals surface area contributed by atoms with Crippen molar-refractivity contribution < 1.29 is 8.27 Å². The van der Waals surface area contributed by atoms with Crippen LogP contribution in [-0.2, 0) is 6.61 Å². The molecule has 0 fully saturated rings. The third-order valence-electron chi connectivity index (χ3n) is 5.63. The van der Waals surface area contributed by atoms with Gasteiger partial charge in [0.1, 0.15) is 0 Å². The van der Waals surface area contributed by atoms with Gasteiger partial charge < -0.3 is 0 Å². The normalized spacial score (nSPS) is 10.9. The summed E-state index contributed by atoms with van der Waals surface area (Å²) in [7, 11) is 0. The molecule has 5 rings (SSSR count). The van der Waals surface area contributed by atoms with E-state index in [0.29, 0.717) is 6.61 Å². The van der Waals surface area contributed by atoms with E-state index in [1.54, 1.807) is 0 Å². The van der Waals surface area contributed by atoms with Crippen molar-refractivity contribution in [2.45, 2.75) is 17.6 Å². The van der Waals surface area contributed by atoms with Crippen LogP contribution in [0.1, 0.15) is 5.56 Å². The molecule has 0 aliphatic rings. The average molecular weight is 475 g/mol. The Morgan fingerprint density at radius 3 is 1.72 bits per heavy atom. The molecule has 0 heterocycles. The molecule has 0 atom stereocenters. The fraction of sp³-hybridized carbons (Fsp3) is 0.103. The summed E-state index contributed by atoms with van der Waals surface area (Å²) in [6, 6.07) is 35.9. The summed E-state index contributed by atoms with van der Waals surface area (Å²) in [5.41, 5.74) is 7.89. The average Bonchev–Trinajstić information content (AvgIpc) is 2.83. The van der Waals surface area contributed by atoms with Crippen molar-refractivity contribution in [3.05, 3.63) is 109 Å². The van der Waals surface area contributed by atoms with Crippen LogP contribution in [0.25, 0.3) is 32.7 Å². The van der Waals surface area contributed by atoms with Gasteiger partial charge in [-0.25, -0.2) is 0 Å². The Labute approximate surface area is 194 Å². The molecule has 156 valence electrons. The van der Waals surface area contributed by atoms with Crippen molar-refractivity contribution in [1.29, 1.82) is 0 Å². The quantitative estimate of drug-likeness (QED) is 0.233. The van der Waals surface area contributed by atoms with Gasteiger partial charge in [0, 0.05) is 0 Å². The zero-order chi connectivity index (χ0) is 21.9. The third-order valence-corrected chi connectivity index (χ3v) is 7.15. The molecule has 0 bridgehead atoms. The van der Waals surface area contributed by atoms with E-state index in [0.717, 1.165) is 28.2 Å². The molecule has 5 aromatic rings. The molecule has 5 aromatic carbocycles. The van der Waals surface area contributed by atoms with Gasteiger partial charge in [-0.15, -0.1) is 0 Å². The van der Waals surface area contributed by atoms with Crippen molar-refractivity contribution in [1.82, 2.24) is 0 Å². The van der Waals surface area contributed by atoms with Crippen LogP contribution in [0, 0.1) is 0 Å². The maximum absolute atomic E-state index is 6.51. The minimum absolute atomic E-state index is 0.523. The van der Waals surface area contributed by atoms with Crippen LogP contribution in [0.3, 0.4) is 0 Å². The number of rotatable bonds is 6. The first-order valence-corrected chi connectivity index (χ1v) is 16.9. The number of hydrogen-bond donors (Lipinski definition) is 0. The van der Waals surface area contributed by atoms with Crippen LogP contribution >= 0.6 is 0 Å². The molecule has 32 heavy (non-hydrogen) atoms. The van der Waals surface area contributed by atoms with Gasteiger partial charge in [-0.3, -0.25) is 0 Å². The molecule has 2 nitrogen and oxygen atoms in total. The van der Waals surface area contributed by atoms with Gasteiger partial charge in [-0.2, -0.15) is 0 Å². The Bertz CT molecular complexity index is 1380. The van der Waals surface area contributed by atoms with E-state index in [1.165, 1.54) is 21.5 Å². The van der Waals surface area contributed by atoms with Gasteiger partial charge in [0.2, 0.25) is 0 Å². The topological polar surface area (TPSA) is 18.5 Å². The molecular formula is C29H25GaO2. The van der Waals surface area contributed by atoms with E-state index < -0.39 is 16.6 Å². The minimum atomic E-state index is -1.80. The molecule has 0 spiro atoms. The van der Waals surface area contributed by atoms with Gasteiger partial charge in [0.05, 0.1) is 0 Å². The van der Waals surface area contributed by atoms with Crippen LogP contribution in [0.2, 0.25) is 11.0 Å². The summed E-state index contributed by atoms with van der Waals surface area (Å²) in [5.74, 6) is 1.84. The molecule has 0 amide bonds. The summed E-state index contributed by atoms with van der Waals surface area (Å²) in [5, 5.41) is 4.76. The summed E-state index contributed by atoms with van der Waals surface area (Å²) >= 11 is -1.80. The van der Waals surface area contributed by atoms with E-state index >= 15 is 0 Å². The first-order valence-electron chi connectivity index (χ1n) is 11.1. The van der Waals surface area contributed by atoms with E-state index in [4.69, 9.17) is 8.27 Å². The SMILES string of the molecule is [CH3][Ga]([CH3])[O]c1ccc2ccccc2c1-c1c(OCc2ccccc2)ccc2ccccc12. The van der Waals surface area contributed by atoms with Gasteiger partial charge in [-0.1, -0.05) is 0 Å². The van der Waals surface area contributed by atoms with Gasteiger partial charge in [0.25, 0.3) is 0 Å². The van der Waals surface area contributed by atoms with Crippen molar-refractivity contribution in [3.8, 4) is 22.6 Å². The number of fused-ring (bicyclic) bond motifs is 2. The predicted molar refractivity (Wildman–Crippen MR) is 136 cm³/mol. The molecule has 0 saturated heterocycles. The second-order valence-electron chi connectivity index (χ2n) is 8.26. The zero-order valence-corrected chi connectivity index (χ0v) is 20.8. The van der Waals surface area contributed by atoms with E-state index in [-0.39, 0.29) is 0 Å². The first-order chi connectivity index (χ1) is 15.7. The molecule has 0 N–H and O–H groups in total. The summed E-state index contributed by atoms with van der Waals surface area (Å²) in [4.78, 5) is 0. The Kier molecular flexibility index (Phi) is 5.93. The Morgan fingerprint density at radius 2 is 1.09 bits per heavy atom. The molecule has 0 unspecified atom stereocenters. The summed E-state index contributed by atoms with van der Waals surface area (Å²) < 4.78 is 13.0. The molecule has 0 aliphatic carbocycles. The van der Waals surface area contributed by atoms with Crippen molar-refractivity contribution in [2.24, 2.45) is 0 Å². The van der Waals surface area contributed by atoms with E-state index in [9.17, 15) is 0 Å². The van der Waals surface area contributed by atoms with Gasteiger partial charge >= 0.3 is 195 Å². The van der Waals surface area contributed by atoms with Gasteiger partial charge in [-0.05, 0) is 0 Å². The Hall–Kier alpha value is -3.14.